The number of methoxy groups -OCH3 is 1. The second-order valence-electron chi connectivity index (χ2n) is 5.40. The van der Waals surface area contributed by atoms with Crippen molar-refractivity contribution < 1.29 is 14.3 Å². The van der Waals surface area contributed by atoms with Crippen LogP contribution in [0.4, 0.5) is 16.2 Å². The maximum Gasteiger partial charge on any atom is 0.319 e. The second kappa shape index (κ2) is 7.46. The van der Waals surface area contributed by atoms with Gasteiger partial charge in [-0.2, -0.15) is 0 Å². The first-order chi connectivity index (χ1) is 11.7. The first-order valence-electron chi connectivity index (χ1n) is 7.71. The molecule has 24 heavy (non-hydrogen) atoms. The topological polar surface area (TPSA) is 70.7 Å². The number of anilines is 2. The van der Waals surface area contributed by atoms with E-state index in [4.69, 9.17) is 4.74 Å². The molecule has 3 rings (SSSR count). The molecule has 0 saturated heterocycles. The molecule has 0 radical (unpaired) electrons. The fourth-order valence-electron chi connectivity index (χ4n) is 2.64. The Labute approximate surface area is 144 Å². The summed E-state index contributed by atoms with van der Waals surface area (Å²) in [5.74, 6) is 0.00504. The fraction of sp³-hybridized carbons (Fsp3) is 0.294. The predicted molar refractivity (Wildman–Crippen MR) is 95.0 cm³/mol. The zero-order valence-electron chi connectivity index (χ0n) is 13.4. The highest BCUT2D eigenvalue weighted by atomic mass is 32.1. The lowest BCUT2D eigenvalue weighted by atomic mass is 10.1. The molecule has 0 saturated carbocycles. The fourth-order valence-corrected chi connectivity index (χ4v) is 3.31. The van der Waals surface area contributed by atoms with Crippen LogP contribution in [0.2, 0.25) is 0 Å². The average molecular weight is 345 g/mol. The number of hydrogen-bond donors (Lipinski definition) is 2. The molecular formula is C17H19N3O3S. The van der Waals surface area contributed by atoms with E-state index in [2.05, 4.69) is 10.6 Å². The number of thiophene rings is 1. The monoisotopic (exact) mass is 345 g/mol. The van der Waals surface area contributed by atoms with Gasteiger partial charge in [-0.15, -0.1) is 11.3 Å². The summed E-state index contributed by atoms with van der Waals surface area (Å²) in [5.41, 5.74) is 2.64. The highest BCUT2D eigenvalue weighted by Crippen LogP contribution is 2.32. The smallest absolute Gasteiger partial charge is 0.319 e. The third kappa shape index (κ3) is 3.58. The number of carbonyl (C=O) groups excluding carboxylic acids is 2. The van der Waals surface area contributed by atoms with Crippen LogP contribution in [-0.4, -0.2) is 38.7 Å². The minimum Gasteiger partial charge on any atom is -0.383 e. The highest BCUT2D eigenvalue weighted by molar-refractivity contribution is 7.12. The summed E-state index contributed by atoms with van der Waals surface area (Å²) in [6.45, 7) is 1.56. The largest absolute Gasteiger partial charge is 0.383 e. The highest BCUT2D eigenvalue weighted by Gasteiger charge is 2.26. The molecule has 1 aliphatic heterocycles. The molecule has 3 amide bonds. The lowest BCUT2D eigenvalue weighted by Gasteiger charge is -2.17. The van der Waals surface area contributed by atoms with Crippen molar-refractivity contribution in [2.75, 3.05) is 37.0 Å². The van der Waals surface area contributed by atoms with Gasteiger partial charge in [0.2, 0.25) is 0 Å². The number of nitrogens with zero attached hydrogens (tertiary/aromatic N) is 1. The number of amides is 3. The van der Waals surface area contributed by atoms with Crippen LogP contribution < -0.4 is 15.5 Å². The lowest BCUT2D eigenvalue weighted by molar-refractivity contribution is 0.0993. The normalized spacial score (nSPS) is 12.8. The van der Waals surface area contributed by atoms with Gasteiger partial charge in [0, 0.05) is 31.6 Å². The first kappa shape index (κ1) is 16.5. The Morgan fingerprint density at radius 1 is 1.33 bits per heavy atom. The Hall–Kier alpha value is -2.38. The molecule has 0 spiro atoms. The Bertz CT molecular complexity index is 731. The predicted octanol–water partition coefficient (Wildman–Crippen LogP) is 2.72. The summed E-state index contributed by atoms with van der Waals surface area (Å²) < 4.78 is 4.89. The van der Waals surface area contributed by atoms with Crippen molar-refractivity contribution in [1.29, 1.82) is 0 Å². The Kier molecular flexibility index (Phi) is 5.12. The van der Waals surface area contributed by atoms with Crippen LogP contribution in [0.3, 0.4) is 0 Å². The van der Waals surface area contributed by atoms with Crippen molar-refractivity contribution in [3.63, 3.8) is 0 Å². The first-order valence-corrected chi connectivity index (χ1v) is 8.59. The summed E-state index contributed by atoms with van der Waals surface area (Å²) in [7, 11) is 1.58. The molecule has 2 heterocycles. The maximum absolute atomic E-state index is 12.6. The van der Waals surface area contributed by atoms with Crippen molar-refractivity contribution in [3.05, 3.63) is 46.2 Å². The molecule has 6 nitrogen and oxygen atoms in total. The van der Waals surface area contributed by atoms with Gasteiger partial charge >= 0.3 is 6.03 Å². The molecule has 1 aromatic heterocycles. The van der Waals surface area contributed by atoms with Crippen molar-refractivity contribution in [2.24, 2.45) is 0 Å². The molecule has 0 fully saturated rings. The number of benzene rings is 1. The summed E-state index contributed by atoms with van der Waals surface area (Å²) in [4.78, 5) is 26.9. The van der Waals surface area contributed by atoms with Crippen LogP contribution in [0.5, 0.6) is 0 Å². The molecule has 2 aromatic rings. The van der Waals surface area contributed by atoms with Crippen molar-refractivity contribution in [1.82, 2.24) is 5.32 Å². The van der Waals surface area contributed by atoms with Crippen LogP contribution in [0, 0.1) is 0 Å². The SMILES string of the molecule is COCCNC(=O)Nc1ccc2c(c1)N(C(=O)c1cccs1)CC2. The number of ether oxygens (including phenoxy) is 1. The third-order valence-corrected chi connectivity index (χ3v) is 4.67. The number of fused-ring (bicyclic) bond motifs is 1. The minimum absolute atomic E-state index is 0.00504. The van der Waals surface area contributed by atoms with Crippen LogP contribution in [0.25, 0.3) is 0 Å². The van der Waals surface area contributed by atoms with Crippen molar-refractivity contribution >= 4 is 34.6 Å². The van der Waals surface area contributed by atoms with Gasteiger partial charge in [-0.1, -0.05) is 12.1 Å². The summed E-state index contributed by atoms with van der Waals surface area (Å²) in [6, 6.07) is 9.08. The van der Waals surface area contributed by atoms with E-state index in [1.807, 2.05) is 35.7 Å². The van der Waals surface area contributed by atoms with E-state index in [0.29, 0.717) is 25.4 Å². The molecule has 0 atom stereocenters. The van der Waals surface area contributed by atoms with Gasteiger partial charge in [0.15, 0.2) is 0 Å². The van der Waals surface area contributed by atoms with Gasteiger partial charge in [0.1, 0.15) is 0 Å². The van der Waals surface area contributed by atoms with E-state index in [1.165, 1.54) is 11.3 Å². The Balaban J connectivity index is 1.72. The number of nitrogens with one attached hydrogen (secondary N) is 2. The quantitative estimate of drug-likeness (QED) is 0.819. The number of rotatable bonds is 5. The Morgan fingerprint density at radius 3 is 2.96 bits per heavy atom. The van der Waals surface area contributed by atoms with Gasteiger partial charge in [-0.25, -0.2) is 4.79 Å². The van der Waals surface area contributed by atoms with Gasteiger partial charge in [-0.3, -0.25) is 4.79 Å². The van der Waals surface area contributed by atoms with E-state index in [9.17, 15) is 9.59 Å². The van der Waals surface area contributed by atoms with Gasteiger partial charge < -0.3 is 20.3 Å². The molecule has 2 N–H and O–H groups in total. The van der Waals surface area contributed by atoms with E-state index in [0.717, 1.165) is 22.5 Å². The average Bonchev–Trinajstić information content (AvgIpc) is 3.24. The summed E-state index contributed by atoms with van der Waals surface area (Å²) >= 11 is 1.44. The summed E-state index contributed by atoms with van der Waals surface area (Å²) in [6.07, 6.45) is 0.826. The standard InChI is InChI=1S/C17H19N3O3S/c1-23-9-7-18-17(22)19-13-5-4-12-6-8-20(14(12)11-13)16(21)15-3-2-10-24-15/h2-5,10-11H,6-9H2,1H3,(H2,18,19,22). The molecule has 126 valence electrons. The molecule has 7 heteroatoms. The van der Waals surface area contributed by atoms with Gasteiger partial charge in [-0.05, 0) is 35.6 Å². The lowest BCUT2D eigenvalue weighted by Crippen LogP contribution is -2.31. The zero-order valence-corrected chi connectivity index (χ0v) is 14.2. The van der Waals surface area contributed by atoms with Crippen molar-refractivity contribution in [2.45, 2.75) is 6.42 Å². The van der Waals surface area contributed by atoms with E-state index < -0.39 is 0 Å². The number of carbonyl (C=O) groups is 2. The molecule has 0 unspecified atom stereocenters. The van der Waals surface area contributed by atoms with Crippen molar-refractivity contribution in [3.8, 4) is 0 Å². The van der Waals surface area contributed by atoms with E-state index >= 15 is 0 Å². The zero-order chi connectivity index (χ0) is 16.9. The summed E-state index contributed by atoms with van der Waals surface area (Å²) in [5, 5.41) is 7.38. The van der Waals surface area contributed by atoms with Crippen LogP contribution in [0.15, 0.2) is 35.7 Å². The van der Waals surface area contributed by atoms with Crippen LogP contribution >= 0.6 is 11.3 Å². The molecule has 0 bridgehead atoms. The second-order valence-corrected chi connectivity index (χ2v) is 6.35. The Morgan fingerprint density at radius 2 is 2.21 bits per heavy atom. The van der Waals surface area contributed by atoms with Gasteiger partial charge in [0.25, 0.3) is 5.91 Å². The third-order valence-electron chi connectivity index (χ3n) is 3.81. The molecular weight excluding hydrogens is 326 g/mol. The van der Waals surface area contributed by atoms with Crippen LogP contribution in [-0.2, 0) is 11.2 Å². The number of hydrogen-bond acceptors (Lipinski definition) is 4. The molecule has 1 aliphatic rings. The molecule has 1 aromatic carbocycles. The number of urea groups is 1. The maximum atomic E-state index is 12.6. The van der Waals surface area contributed by atoms with Gasteiger partial charge in [0.05, 0.1) is 11.5 Å². The minimum atomic E-state index is -0.291. The van der Waals surface area contributed by atoms with Crippen LogP contribution in [0.1, 0.15) is 15.2 Å². The van der Waals surface area contributed by atoms with E-state index in [1.54, 1.807) is 12.0 Å². The van der Waals surface area contributed by atoms with E-state index in [-0.39, 0.29) is 11.9 Å². The molecule has 0 aliphatic carbocycles.